The number of phenols is 1. The number of amides is 4. The van der Waals surface area contributed by atoms with Crippen LogP contribution in [0.5, 0.6) is 5.75 Å². The van der Waals surface area contributed by atoms with Crippen molar-refractivity contribution in [3.63, 3.8) is 0 Å². The van der Waals surface area contributed by atoms with Crippen molar-refractivity contribution in [3.8, 4) is 5.75 Å². The van der Waals surface area contributed by atoms with Crippen molar-refractivity contribution in [2.45, 2.75) is 82.5 Å². The third kappa shape index (κ3) is 6.57. The summed E-state index contributed by atoms with van der Waals surface area (Å²) in [5.74, 6) is 0.282. The molecule has 4 aromatic carbocycles. The zero-order valence-electron chi connectivity index (χ0n) is 32.3. The van der Waals surface area contributed by atoms with Crippen LogP contribution in [0.1, 0.15) is 99.7 Å². The van der Waals surface area contributed by atoms with Gasteiger partial charge in [0.25, 0.3) is 5.91 Å². The number of nitrogens with zero attached hydrogens (tertiary/aromatic N) is 4. The van der Waals surface area contributed by atoms with Gasteiger partial charge >= 0.3 is 0 Å². The SMILES string of the molecule is O=C1CCC(N2Cc3cc4c(cc3C2=O)CN(CC(=O)N2CCC3(CCN(c5ccc([C@@H]6c7ccc(O)cc7CC[C@@H]6c6ccccc6)cc5)CC3)C2)C4)C(=O)N1. The number of carbonyl (C=O) groups is 4. The van der Waals surface area contributed by atoms with Crippen molar-refractivity contribution >= 4 is 29.3 Å². The van der Waals surface area contributed by atoms with Gasteiger partial charge in [-0.05, 0) is 119 Å². The molecule has 2 N–H and O–H groups in total. The highest BCUT2D eigenvalue weighted by molar-refractivity contribution is 6.05. The fourth-order valence-corrected chi connectivity index (χ4v) is 10.9. The number of likely N-dealkylation sites (tertiary alicyclic amines) is 1. The van der Waals surface area contributed by atoms with Crippen LogP contribution in [0.2, 0.25) is 0 Å². The third-order valence-corrected chi connectivity index (χ3v) is 14.0. The van der Waals surface area contributed by atoms with Crippen LogP contribution in [-0.2, 0) is 40.4 Å². The Bertz CT molecular complexity index is 2270. The van der Waals surface area contributed by atoms with E-state index in [1.54, 1.807) is 4.90 Å². The first kappa shape index (κ1) is 35.9. The average molecular weight is 764 g/mol. The topological polar surface area (TPSA) is 114 Å². The number of hydrogen-bond acceptors (Lipinski definition) is 7. The number of carbonyl (C=O) groups excluding carboxylic acids is 4. The first-order chi connectivity index (χ1) is 27.7. The second kappa shape index (κ2) is 14.2. The smallest absolute Gasteiger partial charge is 0.255 e. The van der Waals surface area contributed by atoms with E-state index in [2.05, 4.69) is 86.7 Å². The summed E-state index contributed by atoms with van der Waals surface area (Å²) in [6.45, 7) is 5.59. The fourth-order valence-electron chi connectivity index (χ4n) is 10.9. The summed E-state index contributed by atoms with van der Waals surface area (Å²) in [7, 11) is 0. The number of hydrogen-bond donors (Lipinski definition) is 2. The van der Waals surface area contributed by atoms with Crippen LogP contribution >= 0.6 is 0 Å². The molecule has 5 heterocycles. The molecule has 1 aliphatic carbocycles. The molecule has 57 heavy (non-hydrogen) atoms. The summed E-state index contributed by atoms with van der Waals surface area (Å²) in [6.07, 6.45) is 5.78. The maximum absolute atomic E-state index is 13.7. The van der Waals surface area contributed by atoms with Crippen LogP contribution < -0.4 is 10.2 Å². The van der Waals surface area contributed by atoms with Crippen molar-refractivity contribution in [3.05, 3.63) is 129 Å². The Kier molecular flexibility index (Phi) is 8.92. The average Bonchev–Trinajstić information content (AvgIpc) is 3.91. The molecule has 10 nitrogen and oxygen atoms in total. The summed E-state index contributed by atoms with van der Waals surface area (Å²) in [6, 6.07) is 29.4. The van der Waals surface area contributed by atoms with Crippen molar-refractivity contribution in [2.24, 2.45) is 5.41 Å². The maximum Gasteiger partial charge on any atom is 0.255 e. The Hall–Kier alpha value is -5.48. The van der Waals surface area contributed by atoms with Gasteiger partial charge in [0.15, 0.2) is 0 Å². The van der Waals surface area contributed by atoms with Gasteiger partial charge in [0, 0.05) is 69.4 Å². The monoisotopic (exact) mass is 763 g/mol. The number of piperidine rings is 2. The van der Waals surface area contributed by atoms with Crippen molar-refractivity contribution in [1.82, 2.24) is 20.0 Å². The summed E-state index contributed by atoms with van der Waals surface area (Å²) < 4.78 is 0. The number of rotatable bonds is 6. The van der Waals surface area contributed by atoms with E-state index in [-0.39, 0.29) is 35.5 Å². The fraction of sp³-hybridized carbons (Fsp3) is 0.404. The van der Waals surface area contributed by atoms with Gasteiger partial charge in [0.2, 0.25) is 17.7 Å². The second-order valence-electron chi connectivity index (χ2n) is 17.4. The number of aryl methyl sites for hydroxylation is 1. The molecule has 3 atom stereocenters. The van der Waals surface area contributed by atoms with Crippen molar-refractivity contribution in [1.29, 1.82) is 0 Å². The van der Waals surface area contributed by atoms with Crippen LogP contribution in [0.4, 0.5) is 5.69 Å². The number of aromatic hydroxyl groups is 1. The van der Waals surface area contributed by atoms with Crippen molar-refractivity contribution < 1.29 is 24.3 Å². The molecule has 0 radical (unpaired) electrons. The number of anilines is 1. The molecular formula is C47H49N5O5. The summed E-state index contributed by atoms with van der Waals surface area (Å²) in [5.41, 5.74) is 10.4. The molecule has 292 valence electrons. The van der Waals surface area contributed by atoms with Crippen LogP contribution in [0.25, 0.3) is 0 Å². The van der Waals surface area contributed by atoms with E-state index in [0.29, 0.717) is 49.8 Å². The van der Waals surface area contributed by atoms with E-state index in [4.69, 9.17) is 0 Å². The number of phenolic OH excluding ortho intramolecular Hbond substituents is 1. The molecule has 0 saturated carbocycles. The Morgan fingerprint density at radius 3 is 2.28 bits per heavy atom. The molecule has 4 aromatic rings. The van der Waals surface area contributed by atoms with Gasteiger partial charge in [-0.1, -0.05) is 54.6 Å². The molecule has 1 unspecified atom stereocenters. The molecule has 0 aromatic heterocycles. The Morgan fingerprint density at radius 1 is 0.754 bits per heavy atom. The molecule has 3 saturated heterocycles. The molecule has 3 fully saturated rings. The lowest BCUT2D eigenvalue weighted by Gasteiger charge is -2.40. The van der Waals surface area contributed by atoms with Gasteiger partial charge in [0.05, 0.1) is 6.54 Å². The van der Waals surface area contributed by atoms with E-state index in [0.717, 1.165) is 75.0 Å². The number of benzene rings is 4. The predicted molar refractivity (Wildman–Crippen MR) is 216 cm³/mol. The van der Waals surface area contributed by atoms with Gasteiger partial charge in [-0.25, -0.2) is 0 Å². The van der Waals surface area contributed by atoms with Crippen LogP contribution in [0.3, 0.4) is 0 Å². The lowest BCUT2D eigenvalue weighted by Crippen LogP contribution is -2.52. The Morgan fingerprint density at radius 2 is 1.51 bits per heavy atom. The number of fused-ring (bicyclic) bond motifs is 3. The molecule has 5 aliphatic heterocycles. The van der Waals surface area contributed by atoms with E-state index in [1.807, 2.05) is 18.2 Å². The van der Waals surface area contributed by atoms with Crippen LogP contribution in [0.15, 0.2) is 84.9 Å². The van der Waals surface area contributed by atoms with Crippen LogP contribution in [-0.4, -0.2) is 82.2 Å². The highest BCUT2D eigenvalue weighted by atomic mass is 16.3. The minimum atomic E-state index is -0.619. The molecule has 4 amide bonds. The van der Waals surface area contributed by atoms with Gasteiger partial charge in [-0.2, -0.15) is 0 Å². The van der Waals surface area contributed by atoms with Crippen molar-refractivity contribution in [2.75, 3.05) is 37.6 Å². The predicted octanol–water partition coefficient (Wildman–Crippen LogP) is 5.85. The third-order valence-electron chi connectivity index (χ3n) is 14.0. The zero-order chi connectivity index (χ0) is 38.8. The number of imide groups is 1. The summed E-state index contributed by atoms with van der Waals surface area (Å²) in [5, 5.41) is 12.6. The quantitative estimate of drug-likeness (QED) is 0.237. The maximum atomic E-state index is 13.7. The Labute approximate surface area is 333 Å². The van der Waals surface area contributed by atoms with E-state index < -0.39 is 11.9 Å². The second-order valence-corrected chi connectivity index (χ2v) is 17.4. The highest BCUT2D eigenvalue weighted by Gasteiger charge is 2.43. The van der Waals surface area contributed by atoms with Gasteiger partial charge in [-0.15, -0.1) is 0 Å². The molecule has 0 bridgehead atoms. The molecule has 1 spiro atoms. The standard InChI is InChI=1S/C47H49N5O5/c53-37-11-13-39-32(23-37)8-12-38(30-4-2-1-3-5-30)44(39)31-6-9-36(10-7-31)50-19-16-47(17-20-50)18-21-51(29-47)43(55)28-49-25-33-22-35-27-52(41-14-15-42(54)48-45(41)56)46(57)40(35)24-34(33)26-49/h1-7,9-11,13,22-24,38,41,44,53H,8,12,14-21,25-29H2,(H,48,54,56)/t38-,41?,44+/m1/s1. The van der Waals surface area contributed by atoms with Gasteiger partial charge in [0.1, 0.15) is 11.8 Å². The Balaban J connectivity index is 0.746. The number of nitrogens with one attached hydrogen (secondary N) is 1. The van der Waals surface area contributed by atoms with Gasteiger partial charge in [-0.3, -0.25) is 29.4 Å². The molecule has 10 rings (SSSR count). The zero-order valence-corrected chi connectivity index (χ0v) is 32.3. The molecule has 6 aliphatic rings. The summed E-state index contributed by atoms with van der Waals surface area (Å²) in [4.78, 5) is 59.5. The summed E-state index contributed by atoms with van der Waals surface area (Å²) >= 11 is 0. The molecule has 10 heteroatoms. The van der Waals surface area contributed by atoms with E-state index in [9.17, 15) is 24.3 Å². The van der Waals surface area contributed by atoms with Crippen LogP contribution in [0, 0.1) is 5.41 Å². The van der Waals surface area contributed by atoms with E-state index >= 15 is 0 Å². The van der Waals surface area contributed by atoms with E-state index in [1.165, 1.54) is 27.9 Å². The first-order valence-electron chi connectivity index (χ1n) is 20.7. The highest BCUT2D eigenvalue weighted by Crippen LogP contribution is 2.48. The lowest BCUT2D eigenvalue weighted by molar-refractivity contribution is -0.137. The normalized spacial score (nSPS) is 24.1. The molecular weight excluding hydrogens is 715 g/mol. The first-order valence-corrected chi connectivity index (χ1v) is 20.7. The largest absolute Gasteiger partial charge is 0.508 e. The minimum Gasteiger partial charge on any atom is -0.508 e. The minimum absolute atomic E-state index is 0.160. The van der Waals surface area contributed by atoms with Gasteiger partial charge < -0.3 is 19.8 Å². The lowest BCUT2D eigenvalue weighted by atomic mass is 9.69.